The fraction of sp³-hybridized carbons (Fsp3) is 0.471. The highest BCUT2D eigenvalue weighted by Crippen LogP contribution is 2.34. The lowest BCUT2D eigenvalue weighted by molar-refractivity contribution is 0.0367. The second-order valence-electron chi connectivity index (χ2n) is 5.88. The lowest BCUT2D eigenvalue weighted by atomic mass is 10.2. The van der Waals surface area contributed by atoms with Crippen LogP contribution in [0.4, 0.5) is 0 Å². The van der Waals surface area contributed by atoms with Gasteiger partial charge in [0.15, 0.2) is 0 Å². The first-order chi connectivity index (χ1) is 11.3. The molecule has 0 aliphatic carbocycles. The lowest BCUT2D eigenvalue weighted by Crippen LogP contribution is -2.38. The Hall–Kier alpha value is -1.63. The molecule has 0 saturated carbocycles. The summed E-state index contributed by atoms with van der Waals surface area (Å²) >= 11 is 1.77. The summed E-state index contributed by atoms with van der Waals surface area (Å²) in [5.41, 5.74) is 2.34. The molecule has 1 aromatic carbocycles. The molecule has 0 radical (unpaired) electrons. The van der Waals surface area contributed by atoms with Gasteiger partial charge in [0.2, 0.25) is 0 Å². The molecule has 0 N–H and O–H groups in total. The van der Waals surface area contributed by atoms with E-state index in [1.165, 1.54) is 15.7 Å². The van der Waals surface area contributed by atoms with Crippen molar-refractivity contribution >= 4 is 32.6 Å². The minimum Gasteiger partial charge on any atom is -0.497 e. The molecule has 0 spiro atoms. The summed E-state index contributed by atoms with van der Waals surface area (Å²) in [6.45, 7) is 7.84. The smallest absolute Gasteiger partial charge is 0.124 e. The number of methoxy groups -OCH3 is 1. The van der Waals surface area contributed by atoms with Gasteiger partial charge in [-0.2, -0.15) is 0 Å². The predicted octanol–water partition coefficient (Wildman–Crippen LogP) is 2.90. The number of morpholine rings is 1. The normalized spacial score (nSPS) is 16.4. The zero-order valence-corrected chi connectivity index (χ0v) is 14.4. The molecular formula is C17H21N3O2S. The average molecular weight is 331 g/mol. The number of ether oxygens (including phenoxy) is 2. The van der Waals surface area contributed by atoms with E-state index in [0.717, 1.165) is 55.7 Å². The maximum absolute atomic E-state index is 5.44. The Morgan fingerprint density at radius 3 is 2.87 bits per heavy atom. The van der Waals surface area contributed by atoms with Crippen molar-refractivity contribution in [2.45, 2.75) is 13.5 Å². The number of nitrogens with zero attached hydrogens (tertiary/aromatic N) is 3. The van der Waals surface area contributed by atoms with Gasteiger partial charge in [-0.05, 0) is 25.1 Å². The molecule has 3 aromatic rings. The maximum Gasteiger partial charge on any atom is 0.124 e. The maximum atomic E-state index is 5.44. The summed E-state index contributed by atoms with van der Waals surface area (Å²) in [5, 5.41) is 2.30. The Bertz CT molecular complexity index is 833. The molecular weight excluding hydrogens is 310 g/mol. The first-order valence-corrected chi connectivity index (χ1v) is 8.81. The van der Waals surface area contributed by atoms with E-state index < -0.39 is 0 Å². The fourth-order valence-electron chi connectivity index (χ4n) is 3.24. The van der Waals surface area contributed by atoms with Crippen molar-refractivity contribution in [1.82, 2.24) is 14.5 Å². The van der Waals surface area contributed by atoms with E-state index >= 15 is 0 Å². The van der Waals surface area contributed by atoms with Crippen LogP contribution in [-0.2, 0) is 11.3 Å². The van der Waals surface area contributed by atoms with Gasteiger partial charge in [0.1, 0.15) is 16.1 Å². The molecule has 1 saturated heterocycles. The van der Waals surface area contributed by atoms with E-state index in [2.05, 4.69) is 28.5 Å². The van der Waals surface area contributed by atoms with Crippen LogP contribution in [-0.4, -0.2) is 54.4 Å². The Labute approximate surface area is 139 Å². The SMILES string of the molecule is COc1ccc2c(c1)c1nc(C)sc1n2CCN1CCOCC1. The summed E-state index contributed by atoms with van der Waals surface area (Å²) < 4.78 is 13.2. The number of hydrogen-bond acceptors (Lipinski definition) is 5. The predicted molar refractivity (Wildman–Crippen MR) is 93.7 cm³/mol. The molecule has 23 heavy (non-hydrogen) atoms. The molecule has 0 atom stereocenters. The number of aromatic nitrogens is 2. The largest absolute Gasteiger partial charge is 0.497 e. The zero-order valence-electron chi connectivity index (χ0n) is 13.5. The number of benzene rings is 1. The third-order valence-corrected chi connectivity index (χ3v) is 5.45. The Morgan fingerprint density at radius 1 is 1.26 bits per heavy atom. The molecule has 1 aliphatic heterocycles. The Balaban J connectivity index is 1.73. The molecule has 4 rings (SSSR count). The van der Waals surface area contributed by atoms with E-state index in [9.17, 15) is 0 Å². The third kappa shape index (κ3) is 2.71. The van der Waals surface area contributed by atoms with Gasteiger partial charge in [-0.3, -0.25) is 4.90 Å². The van der Waals surface area contributed by atoms with Gasteiger partial charge in [-0.25, -0.2) is 4.98 Å². The molecule has 1 aliphatic rings. The molecule has 2 aromatic heterocycles. The van der Waals surface area contributed by atoms with E-state index in [-0.39, 0.29) is 0 Å². The van der Waals surface area contributed by atoms with Crippen LogP contribution in [0.15, 0.2) is 18.2 Å². The van der Waals surface area contributed by atoms with Gasteiger partial charge < -0.3 is 14.0 Å². The van der Waals surface area contributed by atoms with Crippen LogP contribution in [0.3, 0.4) is 0 Å². The molecule has 5 nitrogen and oxygen atoms in total. The summed E-state index contributed by atoms with van der Waals surface area (Å²) in [5.74, 6) is 0.885. The summed E-state index contributed by atoms with van der Waals surface area (Å²) in [4.78, 5) is 8.47. The lowest BCUT2D eigenvalue weighted by Gasteiger charge is -2.26. The summed E-state index contributed by atoms with van der Waals surface area (Å²) in [6, 6.07) is 6.28. The Morgan fingerprint density at radius 2 is 2.09 bits per heavy atom. The van der Waals surface area contributed by atoms with Crippen LogP contribution in [0, 0.1) is 6.92 Å². The number of thiazole rings is 1. The molecule has 0 unspecified atom stereocenters. The minimum atomic E-state index is 0.846. The standard InChI is InChI=1S/C17H21N3O2S/c1-12-18-16-14-11-13(21-2)3-4-15(14)20(17(16)23-12)6-5-19-7-9-22-10-8-19/h3-4,11H,5-10H2,1-2H3. The van der Waals surface area contributed by atoms with Gasteiger partial charge in [0.25, 0.3) is 0 Å². The van der Waals surface area contributed by atoms with Crippen LogP contribution in [0.1, 0.15) is 5.01 Å². The highest BCUT2D eigenvalue weighted by molar-refractivity contribution is 7.18. The second kappa shape index (κ2) is 6.11. The number of hydrogen-bond donors (Lipinski definition) is 0. The van der Waals surface area contributed by atoms with Crippen molar-refractivity contribution < 1.29 is 9.47 Å². The van der Waals surface area contributed by atoms with Gasteiger partial charge in [-0.1, -0.05) is 0 Å². The van der Waals surface area contributed by atoms with Crippen LogP contribution in [0.2, 0.25) is 0 Å². The molecule has 122 valence electrons. The third-order valence-electron chi connectivity index (χ3n) is 4.45. The highest BCUT2D eigenvalue weighted by atomic mass is 32.1. The van der Waals surface area contributed by atoms with Crippen LogP contribution in [0.5, 0.6) is 5.75 Å². The van der Waals surface area contributed by atoms with Crippen molar-refractivity contribution in [3.05, 3.63) is 23.2 Å². The molecule has 0 bridgehead atoms. The van der Waals surface area contributed by atoms with Gasteiger partial charge in [-0.15, -0.1) is 11.3 Å². The Kier molecular flexibility index (Phi) is 3.97. The highest BCUT2D eigenvalue weighted by Gasteiger charge is 2.17. The van der Waals surface area contributed by atoms with Gasteiger partial charge in [0, 0.05) is 31.6 Å². The summed E-state index contributed by atoms with van der Waals surface area (Å²) in [7, 11) is 1.71. The van der Waals surface area contributed by atoms with E-state index in [1.807, 2.05) is 6.07 Å². The molecule has 1 fully saturated rings. The van der Waals surface area contributed by atoms with E-state index in [4.69, 9.17) is 14.5 Å². The topological polar surface area (TPSA) is 39.5 Å². The zero-order chi connectivity index (χ0) is 15.8. The van der Waals surface area contributed by atoms with Crippen LogP contribution < -0.4 is 4.74 Å². The van der Waals surface area contributed by atoms with E-state index in [0.29, 0.717) is 0 Å². The first kappa shape index (κ1) is 14.9. The first-order valence-electron chi connectivity index (χ1n) is 8.00. The van der Waals surface area contributed by atoms with Crippen LogP contribution >= 0.6 is 11.3 Å². The fourth-order valence-corrected chi connectivity index (χ4v) is 4.21. The number of fused-ring (bicyclic) bond motifs is 3. The second-order valence-corrected chi connectivity index (χ2v) is 7.06. The van der Waals surface area contributed by atoms with Crippen LogP contribution in [0.25, 0.3) is 21.3 Å². The molecule has 3 heterocycles. The van der Waals surface area contributed by atoms with Gasteiger partial charge in [0.05, 0.1) is 30.8 Å². The summed E-state index contributed by atoms with van der Waals surface area (Å²) in [6.07, 6.45) is 0. The average Bonchev–Trinajstić information content (AvgIpc) is 3.09. The quantitative estimate of drug-likeness (QED) is 0.737. The van der Waals surface area contributed by atoms with Gasteiger partial charge >= 0.3 is 0 Å². The minimum absolute atomic E-state index is 0.846. The number of rotatable bonds is 4. The van der Waals surface area contributed by atoms with Crippen molar-refractivity contribution in [3.63, 3.8) is 0 Å². The monoisotopic (exact) mass is 331 g/mol. The van der Waals surface area contributed by atoms with Crippen molar-refractivity contribution in [2.24, 2.45) is 0 Å². The van der Waals surface area contributed by atoms with Crippen molar-refractivity contribution in [2.75, 3.05) is 40.0 Å². The number of aryl methyl sites for hydroxylation is 1. The molecule has 6 heteroatoms. The molecule has 0 amide bonds. The van der Waals surface area contributed by atoms with E-state index in [1.54, 1.807) is 18.4 Å². The van der Waals surface area contributed by atoms with Crippen molar-refractivity contribution in [1.29, 1.82) is 0 Å². The van der Waals surface area contributed by atoms with Crippen molar-refractivity contribution in [3.8, 4) is 5.75 Å².